The van der Waals surface area contributed by atoms with Gasteiger partial charge < -0.3 is 48.1 Å². The van der Waals surface area contributed by atoms with Gasteiger partial charge in [-0.15, -0.1) is 0 Å². The van der Waals surface area contributed by atoms with Gasteiger partial charge in [0, 0.05) is 24.3 Å². The van der Waals surface area contributed by atoms with E-state index in [9.17, 15) is 10.2 Å². The fraction of sp³-hybridized carbons (Fsp3) is 0.263. The maximum absolute atomic E-state index is 15.1. The molecule has 0 aliphatic carbocycles. The molecule has 2 atom stereocenters. The third kappa shape index (κ3) is 8.21. The quantitative estimate of drug-likeness (QED) is 0.125. The predicted octanol–water partition coefficient (Wildman–Crippen LogP) is 6.79. The van der Waals surface area contributed by atoms with Crippen molar-refractivity contribution in [3.8, 4) is 57.5 Å². The molecule has 0 saturated heterocycles. The fourth-order valence-corrected chi connectivity index (χ4v) is 7.47. The number of ether oxygens (including phenoxy) is 8. The smallest absolute Gasteiger partial charge is 0.171 e. The van der Waals surface area contributed by atoms with E-state index in [1.807, 2.05) is 0 Å². The summed E-state index contributed by atoms with van der Waals surface area (Å²) in [6, 6.07) is 15.3. The van der Waals surface area contributed by atoms with Crippen molar-refractivity contribution in [2.24, 2.45) is 0 Å². The van der Waals surface area contributed by atoms with Crippen LogP contribution >= 0.6 is 0 Å². The van der Waals surface area contributed by atoms with Crippen LogP contribution in [0.1, 0.15) is 32.8 Å². The van der Waals surface area contributed by atoms with E-state index in [0.717, 1.165) is 0 Å². The van der Waals surface area contributed by atoms with Gasteiger partial charge in [-0.1, -0.05) is 24.3 Å². The van der Waals surface area contributed by atoms with E-state index in [1.54, 1.807) is 48.6 Å². The van der Waals surface area contributed by atoms with Crippen molar-refractivity contribution in [1.29, 1.82) is 0 Å². The summed E-state index contributed by atoms with van der Waals surface area (Å²) < 4.78 is 73.9. The molecule has 0 heterocycles. The maximum atomic E-state index is 15.1. The largest absolute Gasteiger partial charge is 0.504 e. The number of sulfone groups is 1. The van der Waals surface area contributed by atoms with E-state index in [2.05, 4.69) is 0 Å². The highest BCUT2D eigenvalue weighted by atomic mass is 32.2. The summed E-state index contributed by atoms with van der Waals surface area (Å²) in [6.07, 6.45) is 6.09. The first kappa shape index (κ1) is 38.1. The number of benzene rings is 4. The highest BCUT2D eigenvalue weighted by Gasteiger charge is 2.35. The highest BCUT2D eigenvalue weighted by molar-refractivity contribution is 7.92. The Bertz CT molecular complexity index is 1820. The number of hydrogen-bond donors (Lipinski definition) is 2. The standard InChI is InChI=1S/C38H42O12S/c1-43-25-19-33(47-5)27(34(20-25)48-6)11-15-37(23-9-13-31(45-3)29(39)17-23)51(41,42)38(24-10-14-32(46-4)30(40)18-24)16-12-28-35(49-7)21-26(44-2)22-36(28)50-8/h9-22,37-40H,1-8H3. The molecule has 0 radical (unpaired) electrons. The van der Waals surface area contributed by atoms with Crippen LogP contribution in [0, 0.1) is 0 Å². The lowest BCUT2D eigenvalue weighted by Crippen LogP contribution is -2.19. The minimum absolute atomic E-state index is 0.160. The first-order valence-electron chi connectivity index (χ1n) is 15.4. The van der Waals surface area contributed by atoms with Crippen molar-refractivity contribution in [2.45, 2.75) is 10.5 Å². The van der Waals surface area contributed by atoms with Gasteiger partial charge in [-0.05, 0) is 47.5 Å². The molecule has 4 aromatic rings. The van der Waals surface area contributed by atoms with Gasteiger partial charge in [0.05, 0.1) is 68.0 Å². The minimum Gasteiger partial charge on any atom is -0.504 e. The van der Waals surface area contributed by atoms with Crippen LogP contribution in [-0.2, 0) is 9.84 Å². The van der Waals surface area contributed by atoms with Gasteiger partial charge in [0.15, 0.2) is 32.8 Å². The van der Waals surface area contributed by atoms with E-state index in [1.165, 1.54) is 93.3 Å². The van der Waals surface area contributed by atoms with Crippen molar-refractivity contribution in [1.82, 2.24) is 0 Å². The topological polar surface area (TPSA) is 148 Å². The van der Waals surface area contributed by atoms with Crippen molar-refractivity contribution in [3.63, 3.8) is 0 Å². The summed E-state index contributed by atoms with van der Waals surface area (Å²) in [4.78, 5) is 0. The molecule has 0 aliphatic rings. The Morgan fingerprint density at radius 1 is 0.471 bits per heavy atom. The number of rotatable bonds is 16. The lowest BCUT2D eigenvalue weighted by Gasteiger charge is -2.23. The lowest BCUT2D eigenvalue weighted by atomic mass is 10.1. The van der Waals surface area contributed by atoms with Gasteiger partial charge in [0.2, 0.25) is 0 Å². The molecule has 272 valence electrons. The van der Waals surface area contributed by atoms with Crippen LogP contribution < -0.4 is 37.9 Å². The van der Waals surface area contributed by atoms with E-state index < -0.39 is 20.3 Å². The zero-order valence-corrected chi connectivity index (χ0v) is 30.4. The zero-order chi connectivity index (χ0) is 37.3. The van der Waals surface area contributed by atoms with Crippen molar-refractivity contribution >= 4 is 22.0 Å². The highest BCUT2D eigenvalue weighted by Crippen LogP contribution is 2.44. The Hall–Kier alpha value is -5.69. The molecule has 4 aromatic carbocycles. The van der Waals surface area contributed by atoms with Crippen LogP contribution in [0.3, 0.4) is 0 Å². The Morgan fingerprint density at radius 2 is 0.784 bits per heavy atom. The molecule has 0 fully saturated rings. The van der Waals surface area contributed by atoms with Crippen molar-refractivity contribution in [2.75, 3.05) is 56.9 Å². The maximum Gasteiger partial charge on any atom is 0.171 e. The van der Waals surface area contributed by atoms with Gasteiger partial charge in [0.25, 0.3) is 0 Å². The van der Waals surface area contributed by atoms with E-state index in [0.29, 0.717) is 45.6 Å². The van der Waals surface area contributed by atoms with Gasteiger partial charge in [-0.25, -0.2) is 8.42 Å². The first-order chi connectivity index (χ1) is 24.5. The summed E-state index contributed by atoms with van der Waals surface area (Å²) >= 11 is 0. The molecule has 0 aromatic heterocycles. The van der Waals surface area contributed by atoms with Crippen LogP contribution in [0.2, 0.25) is 0 Å². The fourth-order valence-electron chi connectivity index (χ4n) is 5.51. The van der Waals surface area contributed by atoms with E-state index >= 15 is 8.42 Å². The third-order valence-corrected chi connectivity index (χ3v) is 10.4. The van der Waals surface area contributed by atoms with Crippen molar-refractivity contribution < 1.29 is 56.5 Å². The molecule has 2 N–H and O–H groups in total. The number of phenols is 2. The molecule has 51 heavy (non-hydrogen) atoms. The Morgan fingerprint density at radius 3 is 1.04 bits per heavy atom. The molecule has 0 aliphatic heterocycles. The SMILES string of the molecule is COc1cc(OC)c(C=CC(c2ccc(OC)c(O)c2)S(=O)(=O)C(C=Cc2c(OC)cc(OC)cc2OC)c2ccc(OC)c(O)c2)c(OC)c1. The van der Waals surface area contributed by atoms with Gasteiger partial charge in [-0.3, -0.25) is 0 Å². The van der Waals surface area contributed by atoms with E-state index in [-0.39, 0.29) is 34.1 Å². The molecule has 4 rings (SSSR count). The number of hydrogen-bond acceptors (Lipinski definition) is 12. The van der Waals surface area contributed by atoms with Crippen LogP contribution in [0.15, 0.2) is 72.8 Å². The second-order valence-electron chi connectivity index (χ2n) is 10.9. The average molecular weight is 723 g/mol. The summed E-state index contributed by atoms with van der Waals surface area (Å²) in [5.41, 5.74) is 1.35. The third-order valence-electron chi connectivity index (χ3n) is 8.15. The Kier molecular flexibility index (Phi) is 12.6. The van der Waals surface area contributed by atoms with Crippen LogP contribution in [-0.4, -0.2) is 75.5 Å². The molecule has 12 nitrogen and oxygen atoms in total. The average Bonchev–Trinajstić information content (AvgIpc) is 3.14. The molecule has 0 spiro atoms. The molecule has 13 heteroatoms. The van der Waals surface area contributed by atoms with E-state index in [4.69, 9.17) is 37.9 Å². The summed E-state index contributed by atoms with van der Waals surface area (Å²) in [7, 11) is 7.31. The predicted molar refractivity (Wildman–Crippen MR) is 194 cm³/mol. The van der Waals surface area contributed by atoms with Gasteiger partial charge >= 0.3 is 0 Å². The molecule has 0 bridgehead atoms. The van der Waals surface area contributed by atoms with Gasteiger partial charge in [0.1, 0.15) is 45.0 Å². The Labute approximate surface area is 297 Å². The second-order valence-corrected chi connectivity index (χ2v) is 13.1. The first-order valence-corrected chi connectivity index (χ1v) is 17.0. The summed E-state index contributed by atoms with van der Waals surface area (Å²) in [5.74, 6) is 2.21. The Balaban J connectivity index is 2.00. The number of aromatic hydroxyl groups is 2. The molecule has 0 saturated carbocycles. The second kappa shape index (κ2) is 16.8. The molecule has 0 amide bonds. The van der Waals surface area contributed by atoms with Gasteiger partial charge in [-0.2, -0.15) is 0 Å². The summed E-state index contributed by atoms with van der Waals surface area (Å²) in [5, 5.41) is 18.8. The zero-order valence-electron chi connectivity index (χ0n) is 29.6. The molecular weight excluding hydrogens is 680 g/mol. The molecule has 2 unspecified atom stereocenters. The minimum atomic E-state index is -4.38. The monoisotopic (exact) mass is 722 g/mol. The lowest BCUT2D eigenvalue weighted by molar-refractivity contribution is 0.373. The summed E-state index contributed by atoms with van der Waals surface area (Å²) in [6.45, 7) is 0. The number of phenolic OH excluding ortho intramolecular Hbond substituents is 2. The van der Waals surface area contributed by atoms with Crippen LogP contribution in [0.25, 0.3) is 12.2 Å². The van der Waals surface area contributed by atoms with Crippen molar-refractivity contribution in [3.05, 3.63) is 95.1 Å². The number of methoxy groups -OCH3 is 8. The van der Waals surface area contributed by atoms with Crippen LogP contribution in [0.4, 0.5) is 0 Å². The van der Waals surface area contributed by atoms with Crippen LogP contribution in [0.5, 0.6) is 57.5 Å². The normalized spacial score (nSPS) is 12.7. The molecular formula is C38H42O12S.